The van der Waals surface area contributed by atoms with Gasteiger partial charge in [0, 0.05) is 11.7 Å². The molecule has 0 bridgehead atoms. The second-order valence-corrected chi connectivity index (χ2v) is 7.58. The van der Waals surface area contributed by atoms with Crippen molar-refractivity contribution in [2.24, 2.45) is 0 Å². The highest BCUT2D eigenvalue weighted by Crippen LogP contribution is 2.31. The summed E-state index contributed by atoms with van der Waals surface area (Å²) in [4.78, 5) is 2.35. The van der Waals surface area contributed by atoms with E-state index in [0.717, 1.165) is 16.6 Å². The Balaban J connectivity index is 1.83. The molecule has 3 nitrogen and oxygen atoms in total. The van der Waals surface area contributed by atoms with E-state index in [1.165, 1.54) is 43.2 Å². The van der Waals surface area contributed by atoms with Crippen LogP contribution >= 0.6 is 12.2 Å². The number of furan rings is 1. The standard InChI is InChI=1S/C21H28N2OS/c1-15-12-16(2)14-18(13-15)22-21(25)23(19-8-5-4-6-9-19)17(3)20-10-7-11-24-20/h7,10-14,17,19H,4-6,8-9H2,1-3H3,(H,22,25). The largest absolute Gasteiger partial charge is 0.467 e. The van der Waals surface area contributed by atoms with E-state index < -0.39 is 0 Å². The van der Waals surface area contributed by atoms with Crippen LogP contribution < -0.4 is 5.32 Å². The van der Waals surface area contributed by atoms with Gasteiger partial charge in [-0.2, -0.15) is 0 Å². The van der Waals surface area contributed by atoms with Crippen molar-refractivity contribution in [1.82, 2.24) is 4.90 Å². The van der Waals surface area contributed by atoms with E-state index in [4.69, 9.17) is 16.6 Å². The highest BCUT2D eigenvalue weighted by molar-refractivity contribution is 7.80. The molecule has 0 radical (unpaired) electrons. The van der Waals surface area contributed by atoms with E-state index in [-0.39, 0.29) is 6.04 Å². The van der Waals surface area contributed by atoms with Gasteiger partial charge in [-0.15, -0.1) is 0 Å². The summed E-state index contributed by atoms with van der Waals surface area (Å²) in [6.45, 7) is 6.42. The summed E-state index contributed by atoms with van der Waals surface area (Å²) >= 11 is 5.85. The van der Waals surface area contributed by atoms with E-state index in [1.807, 2.05) is 12.1 Å². The molecule has 1 aromatic carbocycles. The van der Waals surface area contributed by atoms with Gasteiger partial charge >= 0.3 is 0 Å². The third-order valence-electron chi connectivity index (χ3n) is 5.05. The van der Waals surface area contributed by atoms with E-state index >= 15 is 0 Å². The molecule has 1 heterocycles. The average molecular weight is 357 g/mol. The molecular weight excluding hydrogens is 328 g/mol. The molecule has 1 saturated carbocycles. The second-order valence-electron chi connectivity index (χ2n) is 7.20. The van der Waals surface area contributed by atoms with Crippen molar-refractivity contribution >= 4 is 23.0 Å². The lowest BCUT2D eigenvalue weighted by Crippen LogP contribution is -2.45. The maximum atomic E-state index is 5.85. The van der Waals surface area contributed by atoms with Gasteiger partial charge in [0.1, 0.15) is 5.76 Å². The van der Waals surface area contributed by atoms with E-state index in [1.54, 1.807) is 6.26 Å². The molecule has 0 aliphatic heterocycles. The number of hydrogen-bond acceptors (Lipinski definition) is 2. The third kappa shape index (κ3) is 4.43. The number of nitrogens with zero attached hydrogens (tertiary/aromatic N) is 1. The smallest absolute Gasteiger partial charge is 0.174 e. The predicted octanol–water partition coefficient (Wildman–Crippen LogP) is 5.99. The molecule has 134 valence electrons. The first-order chi connectivity index (χ1) is 12.0. The number of nitrogens with one attached hydrogen (secondary N) is 1. The van der Waals surface area contributed by atoms with E-state index in [9.17, 15) is 0 Å². The van der Waals surface area contributed by atoms with Gasteiger partial charge in [0.15, 0.2) is 5.11 Å². The number of aryl methyl sites for hydroxylation is 2. The average Bonchev–Trinajstić information content (AvgIpc) is 3.09. The number of rotatable bonds is 4. The molecule has 1 atom stereocenters. The van der Waals surface area contributed by atoms with Gasteiger partial charge in [0.05, 0.1) is 12.3 Å². The van der Waals surface area contributed by atoms with Crippen LogP contribution in [0.5, 0.6) is 0 Å². The van der Waals surface area contributed by atoms with Crippen LogP contribution in [0.2, 0.25) is 0 Å². The molecule has 0 saturated heterocycles. The van der Waals surface area contributed by atoms with Gasteiger partial charge in [-0.3, -0.25) is 0 Å². The molecule has 1 aromatic heterocycles. The minimum atomic E-state index is 0.129. The van der Waals surface area contributed by atoms with Crippen LogP contribution in [0.1, 0.15) is 62.0 Å². The fourth-order valence-corrected chi connectivity index (χ4v) is 4.34. The fraction of sp³-hybridized carbons (Fsp3) is 0.476. The molecule has 1 aliphatic rings. The first-order valence-corrected chi connectivity index (χ1v) is 9.66. The summed E-state index contributed by atoms with van der Waals surface area (Å²) in [6, 6.07) is 11.1. The van der Waals surface area contributed by atoms with Gasteiger partial charge in [-0.1, -0.05) is 25.3 Å². The van der Waals surface area contributed by atoms with Gasteiger partial charge in [0.25, 0.3) is 0 Å². The third-order valence-corrected chi connectivity index (χ3v) is 5.36. The summed E-state index contributed by atoms with van der Waals surface area (Å²) in [5, 5.41) is 4.27. The van der Waals surface area contributed by atoms with Gasteiger partial charge in [-0.05, 0) is 81.2 Å². The van der Waals surface area contributed by atoms with Crippen molar-refractivity contribution in [2.75, 3.05) is 5.32 Å². The Hall–Kier alpha value is -1.81. The van der Waals surface area contributed by atoms with Gasteiger partial charge < -0.3 is 14.6 Å². The molecule has 25 heavy (non-hydrogen) atoms. The van der Waals surface area contributed by atoms with Crippen molar-refractivity contribution in [3.05, 3.63) is 53.5 Å². The lowest BCUT2D eigenvalue weighted by Gasteiger charge is -2.39. The zero-order chi connectivity index (χ0) is 17.8. The summed E-state index contributed by atoms with van der Waals surface area (Å²) in [5.74, 6) is 0.968. The SMILES string of the molecule is Cc1cc(C)cc(NC(=S)N(C2CCCCC2)C(C)c2ccco2)c1. The molecule has 0 spiro atoms. The monoisotopic (exact) mass is 356 g/mol. The van der Waals surface area contributed by atoms with Crippen LogP contribution in [0.4, 0.5) is 5.69 Å². The molecule has 3 rings (SSSR count). The molecule has 1 aliphatic carbocycles. The number of benzene rings is 1. The maximum absolute atomic E-state index is 5.85. The predicted molar refractivity (Wildman–Crippen MR) is 108 cm³/mol. The summed E-state index contributed by atoms with van der Waals surface area (Å²) < 4.78 is 5.68. The van der Waals surface area contributed by atoms with Crippen molar-refractivity contribution in [2.45, 2.75) is 65.0 Å². The lowest BCUT2D eigenvalue weighted by atomic mass is 9.93. The molecule has 1 unspecified atom stereocenters. The quantitative estimate of drug-likeness (QED) is 0.681. The Morgan fingerprint density at radius 1 is 1.16 bits per heavy atom. The molecule has 4 heteroatoms. The Morgan fingerprint density at radius 3 is 2.44 bits per heavy atom. The Kier molecular flexibility index (Phi) is 5.79. The van der Waals surface area contributed by atoms with Crippen LogP contribution in [0, 0.1) is 13.8 Å². The van der Waals surface area contributed by atoms with Crippen LogP contribution in [-0.4, -0.2) is 16.1 Å². The van der Waals surface area contributed by atoms with Gasteiger partial charge in [0.2, 0.25) is 0 Å². The zero-order valence-corrected chi connectivity index (χ0v) is 16.2. The molecule has 1 N–H and O–H groups in total. The molecule has 0 amide bonds. The zero-order valence-electron chi connectivity index (χ0n) is 15.4. The Labute approximate surface area is 156 Å². The minimum absolute atomic E-state index is 0.129. The number of anilines is 1. The summed E-state index contributed by atoms with van der Waals surface area (Å²) in [6.07, 6.45) is 8.01. The molecular formula is C21H28N2OS. The van der Waals surface area contributed by atoms with Crippen molar-refractivity contribution < 1.29 is 4.42 Å². The maximum Gasteiger partial charge on any atom is 0.174 e. The first-order valence-electron chi connectivity index (χ1n) is 9.25. The number of hydrogen-bond donors (Lipinski definition) is 1. The summed E-state index contributed by atoms with van der Waals surface area (Å²) in [7, 11) is 0. The van der Waals surface area contributed by atoms with Crippen LogP contribution in [0.25, 0.3) is 0 Å². The van der Waals surface area contributed by atoms with Crippen molar-refractivity contribution in [3.8, 4) is 0 Å². The summed E-state index contributed by atoms with van der Waals surface area (Å²) in [5.41, 5.74) is 3.55. The van der Waals surface area contributed by atoms with E-state index in [0.29, 0.717) is 6.04 Å². The fourth-order valence-electron chi connectivity index (χ4n) is 3.92. The van der Waals surface area contributed by atoms with E-state index in [2.05, 4.69) is 49.2 Å². The highest BCUT2D eigenvalue weighted by atomic mass is 32.1. The normalized spacial score (nSPS) is 16.4. The molecule has 1 fully saturated rings. The highest BCUT2D eigenvalue weighted by Gasteiger charge is 2.29. The van der Waals surface area contributed by atoms with Crippen molar-refractivity contribution in [3.63, 3.8) is 0 Å². The second kappa shape index (κ2) is 8.05. The van der Waals surface area contributed by atoms with Crippen LogP contribution in [-0.2, 0) is 0 Å². The number of thiocarbonyl (C=S) groups is 1. The van der Waals surface area contributed by atoms with Crippen molar-refractivity contribution in [1.29, 1.82) is 0 Å². The van der Waals surface area contributed by atoms with Crippen LogP contribution in [0.3, 0.4) is 0 Å². The lowest BCUT2D eigenvalue weighted by molar-refractivity contribution is 0.186. The Morgan fingerprint density at radius 2 is 1.84 bits per heavy atom. The molecule has 2 aromatic rings. The first kappa shape index (κ1) is 18.0. The Bertz CT molecular complexity index is 684. The minimum Gasteiger partial charge on any atom is -0.467 e. The van der Waals surface area contributed by atoms with Gasteiger partial charge in [-0.25, -0.2) is 0 Å². The topological polar surface area (TPSA) is 28.4 Å². The van der Waals surface area contributed by atoms with Crippen LogP contribution in [0.15, 0.2) is 41.0 Å².